The second kappa shape index (κ2) is 7.92. The van der Waals surface area contributed by atoms with E-state index in [-0.39, 0.29) is 0 Å². The molecule has 1 fully saturated rings. The van der Waals surface area contributed by atoms with Crippen LogP contribution >= 0.6 is 0 Å². The summed E-state index contributed by atoms with van der Waals surface area (Å²) in [5, 5.41) is 4.48. The summed E-state index contributed by atoms with van der Waals surface area (Å²) in [5.74, 6) is 1.65. The van der Waals surface area contributed by atoms with Gasteiger partial charge in [0, 0.05) is 54.3 Å². The molecule has 31 heavy (non-hydrogen) atoms. The molecular weight excluding hydrogens is 390 g/mol. The average molecular weight is 420 g/mol. The highest BCUT2D eigenvalue weighted by Crippen LogP contribution is 2.31. The number of fused-ring (bicyclic) bond motifs is 2. The summed E-state index contributed by atoms with van der Waals surface area (Å²) in [7, 11) is 1.79. The lowest BCUT2D eigenvalue weighted by Gasteiger charge is -2.28. The molecule has 0 radical (unpaired) electrons. The Labute approximate surface area is 181 Å². The molecule has 5 rings (SSSR count). The number of pyridine rings is 1. The van der Waals surface area contributed by atoms with E-state index in [0.29, 0.717) is 24.1 Å². The number of hydrogen-bond acceptors (Lipinski definition) is 6. The number of nitrogens with zero attached hydrogens (tertiary/aromatic N) is 5. The average Bonchev–Trinajstić information content (AvgIpc) is 3.33. The topological polar surface area (TPSA) is 93.5 Å². The maximum absolute atomic E-state index is 5.47. The molecule has 1 saturated carbocycles. The third-order valence-electron chi connectivity index (χ3n) is 6.32. The molecule has 4 aromatic rings. The smallest absolute Gasteiger partial charge is 0.224 e. The van der Waals surface area contributed by atoms with Crippen LogP contribution in [0.5, 0.6) is 0 Å². The molecule has 0 spiro atoms. The van der Waals surface area contributed by atoms with Crippen molar-refractivity contribution in [2.24, 2.45) is 0 Å². The molecule has 0 saturated heterocycles. The number of H-pyrrole nitrogens is 1. The summed E-state index contributed by atoms with van der Waals surface area (Å²) < 4.78 is 7.69. The minimum atomic E-state index is 0.320. The SMILES string of the molecule is COC1CCC(Nc2ncc3c(-c4cnc5nc(C)n(C(C)C)c5c4)c[nH]c3n2)CC1. The van der Waals surface area contributed by atoms with Crippen LogP contribution in [-0.4, -0.2) is 48.7 Å². The van der Waals surface area contributed by atoms with Gasteiger partial charge < -0.3 is 19.6 Å². The monoisotopic (exact) mass is 419 g/mol. The molecule has 1 aliphatic carbocycles. The number of ether oxygens (including phenoxy) is 1. The molecule has 0 aliphatic heterocycles. The predicted octanol–water partition coefficient (Wildman–Crippen LogP) is 4.63. The summed E-state index contributed by atoms with van der Waals surface area (Å²) in [5.41, 5.74) is 4.73. The molecule has 1 aliphatic rings. The van der Waals surface area contributed by atoms with E-state index in [9.17, 15) is 0 Å². The van der Waals surface area contributed by atoms with Crippen molar-refractivity contribution in [3.63, 3.8) is 0 Å². The predicted molar refractivity (Wildman–Crippen MR) is 122 cm³/mol. The first kappa shape index (κ1) is 19.9. The standard InChI is InChI=1S/C23H29N7O/c1-13(2)30-14(3)27-22-20(30)9-15(10-24-22)18-11-25-21-19(18)12-26-23(29-21)28-16-5-7-17(31-4)8-6-16/h9-13,16-17H,5-8H2,1-4H3,(H2,25,26,28,29). The van der Waals surface area contributed by atoms with E-state index in [4.69, 9.17) is 9.72 Å². The number of methoxy groups -OCH3 is 1. The minimum absolute atomic E-state index is 0.320. The van der Waals surface area contributed by atoms with Crippen LogP contribution in [0.15, 0.2) is 24.7 Å². The number of aryl methyl sites for hydroxylation is 1. The van der Waals surface area contributed by atoms with Gasteiger partial charge in [0.15, 0.2) is 5.65 Å². The number of rotatable bonds is 5. The van der Waals surface area contributed by atoms with Crippen molar-refractivity contribution in [2.75, 3.05) is 12.4 Å². The van der Waals surface area contributed by atoms with Crippen LogP contribution in [0, 0.1) is 6.92 Å². The zero-order valence-corrected chi connectivity index (χ0v) is 18.5. The highest BCUT2D eigenvalue weighted by molar-refractivity contribution is 5.95. The van der Waals surface area contributed by atoms with Crippen LogP contribution in [0.25, 0.3) is 33.3 Å². The fourth-order valence-corrected chi connectivity index (χ4v) is 4.73. The van der Waals surface area contributed by atoms with Crippen LogP contribution in [0.4, 0.5) is 5.95 Å². The van der Waals surface area contributed by atoms with Crippen LogP contribution in [-0.2, 0) is 4.74 Å². The summed E-state index contributed by atoms with van der Waals surface area (Å²) in [4.78, 5) is 21.8. The fraction of sp³-hybridized carbons (Fsp3) is 0.478. The molecule has 0 unspecified atom stereocenters. The first-order chi connectivity index (χ1) is 15.0. The normalized spacial score (nSPS) is 19.5. The van der Waals surface area contributed by atoms with Crippen molar-refractivity contribution in [3.05, 3.63) is 30.5 Å². The van der Waals surface area contributed by atoms with Gasteiger partial charge in [-0.05, 0) is 52.5 Å². The number of anilines is 1. The maximum Gasteiger partial charge on any atom is 0.224 e. The summed E-state index contributed by atoms with van der Waals surface area (Å²) in [6.07, 6.45) is 10.4. The van der Waals surface area contributed by atoms with E-state index in [0.717, 1.165) is 64.8 Å². The molecule has 8 nitrogen and oxygen atoms in total. The Bertz CT molecular complexity index is 1220. The quantitative estimate of drug-likeness (QED) is 0.490. The van der Waals surface area contributed by atoms with Crippen LogP contribution in [0.3, 0.4) is 0 Å². The lowest BCUT2D eigenvalue weighted by molar-refractivity contribution is 0.0681. The molecule has 0 bridgehead atoms. The van der Waals surface area contributed by atoms with Gasteiger partial charge in [0.25, 0.3) is 0 Å². The summed E-state index contributed by atoms with van der Waals surface area (Å²) >= 11 is 0. The Morgan fingerprint density at radius 1 is 1.13 bits per heavy atom. The molecule has 0 aromatic carbocycles. The van der Waals surface area contributed by atoms with Crippen molar-refractivity contribution in [1.29, 1.82) is 0 Å². The minimum Gasteiger partial charge on any atom is -0.381 e. The summed E-state index contributed by atoms with van der Waals surface area (Å²) in [6.45, 7) is 6.35. The van der Waals surface area contributed by atoms with E-state index >= 15 is 0 Å². The van der Waals surface area contributed by atoms with E-state index < -0.39 is 0 Å². The van der Waals surface area contributed by atoms with Gasteiger partial charge in [0.1, 0.15) is 11.5 Å². The number of aromatic nitrogens is 6. The van der Waals surface area contributed by atoms with Crippen molar-refractivity contribution in [1.82, 2.24) is 29.5 Å². The third kappa shape index (κ3) is 3.65. The van der Waals surface area contributed by atoms with Crippen LogP contribution in [0.2, 0.25) is 0 Å². The van der Waals surface area contributed by atoms with Gasteiger partial charge in [-0.2, -0.15) is 4.98 Å². The van der Waals surface area contributed by atoms with E-state index in [1.54, 1.807) is 7.11 Å². The number of hydrogen-bond donors (Lipinski definition) is 2. The van der Waals surface area contributed by atoms with E-state index in [1.165, 1.54) is 0 Å². The Morgan fingerprint density at radius 2 is 1.94 bits per heavy atom. The molecule has 4 heterocycles. The van der Waals surface area contributed by atoms with Crippen molar-refractivity contribution in [3.8, 4) is 11.1 Å². The number of imidazole rings is 1. The van der Waals surface area contributed by atoms with Crippen molar-refractivity contribution in [2.45, 2.75) is 64.6 Å². The molecule has 4 aromatic heterocycles. The van der Waals surface area contributed by atoms with Gasteiger partial charge >= 0.3 is 0 Å². The Balaban J connectivity index is 1.43. The van der Waals surface area contributed by atoms with Gasteiger partial charge in [-0.25, -0.2) is 15.0 Å². The van der Waals surface area contributed by atoms with E-state index in [2.05, 4.69) is 49.7 Å². The number of nitrogens with one attached hydrogen (secondary N) is 2. The van der Waals surface area contributed by atoms with Crippen molar-refractivity contribution >= 4 is 28.1 Å². The van der Waals surface area contributed by atoms with Crippen LogP contribution < -0.4 is 5.32 Å². The van der Waals surface area contributed by atoms with Gasteiger partial charge in [-0.1, -0.05) is 0 Å². The Morgan fingerprint density at radius 3 is 2.68 bits per heavy atom. The maximum atomic E-state index is 5.47. The van der Waals surface area contributed by atoms with Crippen molar-refractivity contribution < 1.29 is 4.74 Å². The number of aromatic amines is 1. The third-order valence-corrected chi connectivity index (χ3v) is 6.32. The molecule has 0 atom stereocenters. The zero-order chi connectivity index (χ0) is 21.5. The first-order valence-corrected chi connectivity index (χ1v) is 11.0. The molecule has 8 heteroatoms. The highest BCUT2D eigenvalue weighted by Gasteiger charge is 2.21. The highest BCUT2D eigenvalue weighted by atomic mass is 16.5. The van der Waals surface area contributed by atoms with Gasteiger partial charge in [-0.3, -0.25) is 0 Å². The van der Waals surface area contributed by atoms with E-state index in [1.807, 2.05) is 25.5 Å². The Hall–Kier alpha value is -3.00. The van der Waals surface area contributed by atoms with Crippen LogP contribution in [0.1, 0.15) is 51.4 Å². The van der Waals surface area contributed by atoms with Gasteiger partial charge in [0.2, 0.25) is 5.95 Å². The molecule has 2 N–H and O–H groups in total. The fourth-order valence-electron chi connectivity index (χ4n) is 4.73. The molecule has 0 amide bonds. The first-order valence-electron chi connectivity index (χ1n) is 11.0. The van der Waals surface area contributed by atoms with Gasteiger partial charge in [0.05, 0.1) is 11.6 Å². The lowest BCUT2D eigenvalue weighted by Crippen LogP contribution is -2.29. The van der Waals surface area contributed by atoms with Gasteiger partial charge in [-0.15, -0.1) is 0 Å². The second-order valence-corrected chi connectivity index (χ2v) is 8.70. The summed E-state index contributed by atoms with van der Waals surface area (Å²) in [6, 6.07) is 2.87. The Kier molecular flexibility index (Phi) is 5.09. The lowest BCUT2D eigenvalue weighted by atomic mass is 9.93. The molecule has 162 valence electrons. The second-order valence-electron chi connectivity index (χ2n) is 8.70. The largest absolute Gasteiger partial charge is 0.381 e. The molecular formula is C23H29N7O. The zero-order valence-electron chi connectivity index (χ0n) is 18.5.